The number of furan rings is 1. The van der Waals surface area contributed by atoms with Crippen LogP contribution in [0.15, 0.2) is 114 Å². The lowest BCUT2D eigenvalue weighted by Crippen LogP contribution is -1.97. The summed E-state index contributed by atoms with van der Waals surface area (Å²) in [6.45, 7) is 0. The fraction of sp³-hybridized carbons (Fsp3) is 0. The molecule has 0 aliphatic rings. The molecule has 0 saturated heterocycles. The molecule has 0 unspecified atom stereocenters. The van der Waals surface area contributed by atoms with E-state index in [9.17, 15) is 0 Å². The van der Waals surface area contributed by atoms with Crippen molar-refractivity contribution in [2.75, 3.05) is 0 Å². The number of rotatable bonds is 3. The van der Waals surface area contributed by atoms with Gasteiger partial charge in [-0.05, 0) is 40.1 Å². The molecule has 5 heteroatoms. The molecule has 7 rings (SSSR count). The first-order valence-corrected chi connectivity index (χ1v) is 12.0. The molecule has 7 aromatic rings. The van der Waals surface area contributed by atoms with Crippen molar-refractivity contribution in [1.29, 1.82) is 0 Å². The van der Waals surface area contributed by atoms with E-state index in [0.717, 1.165) is 44.2 Å². The number of halogens is 1. The van der Waals surface area contributed by atoms with Gasteiger partial charge in [-0.1, -0.05) is 97.1 Å². The van der Waals surface area contributed by atoms with Crippen molar-refractivity contribution in [3.8, 4) is 33.9 Å². The molecule has 36 heavy (non-hydrogen) atoms. The van der Waals surface area contributed by atoms with Gasteiger partial charge in [0.1, 0.15) is 11.2 Å². The largest absolute Gasteiger partial charge is 0.455 e. The van der Waals surface area contributed by atoms with E-state index in [1.54, 1.807) is 0 Å². The zero-order chi connectivity index (χ0) is 24.1. The van der Waals surface area contributed by atoms with Gasteiger partial charge in [0.2, 0.25) is 5.28 Å². The van der Waals surface area contributed by atoms with Gasteiger partial charge >= 0.3 is 0 Å². The Morgan fingerprint density at radius 3 is 2.19 bits per heavy atom. The zero-order valence-corrected chi connectivity index (χ0v) is 19.8. The standard InChI is InChI=1S/C31H18ClN3O/c32-31-34-29(20-9-2-1-3-10-20)33-30(35-31)25-14-7-15-26-27(25)24-13-6-12-23(28(24)36-26)22-17-16-19-8-4-5-11-21(19)18-22/h1-18H. The Kier molecular flexibility index (Phi) is 4.79. The number of para-hydroxylation sites is 1. The molecule has 0 aliphatic carbocycles. The van der Waals surface area contributed by atoms with E-state index in [1.165, 1.54) is 10.8 Å². The molecule has 0 radical (unpaired) electrons. The highest BCUT2D eigenvalue weighted by atomic mass is 35.5. The van der Waals surface area contributed by atoms with E-state index in [2.05, 4.69) is 70.6 Å². The van der Waals surface area contributed by atoms with Crippen LogP contribution in [-0.2, 0) is 0 Å². The molecule has 0 fully saturated rings. The molecular weight excluding hydrogens is 466 g/mol. The van der Waals surface area contributed by atoms with Crippen LogP contribution in [0.25, 0.3) is 66.6 Å². The minimum absolute atomic E-state index is 0.153. The monoisotopic (exact) mass is 483 g/mol. The lowest BCUT2D eigenvalue weighted by Gasteiger charge is -2.06. The Labute approximate surface area is 211 Å². The number of hydrogen-bond acceptors (Lipinski definition) is 4. The third-order valence-electron chi connectivity index (χ3n) is 6.46. The normalized spacial score (nSPS) is 11.5. The van der Waals surface area contributed by atoms with Crippen LogP contribution in [0, 0.1) is 0 Å². The Balaban J connectivity index is 1.45. The minimum Gasteiger partial charge on any atom is -0.455 e. The first-order valence-electron chi connectivity index (χ1n) is 11.7. The van der Waals surface area contributed by atoms with Crippen molar-refractivity contribution in [1.82, 2.24) is 15.0 Å². The fourth-order valence-electron chi connectivity index (χ4n) is 4.81. The second-order valence-electron chi connectivity index (χ2n) is 8.64. The summed E-state index contributed by atoms with van der Waals surface area (Å²) in [4.78, 5) is 13.6. The van der Waals surface area contributed by atoms with E-state index in [0.29, 0.717) is 11.6 Å². The maximum Gasteiger partial charge on any atom is 0.226 e. The summed E-state index contributed by atoms with van der Waals surface area (Å²) in [6, 6.07) is 36.8. The van der Waals surface area contributed by atoms with Gasteiger partial charge in [0.05, 0.1) is 0 Å². The Bertz CT molecular complexity index is 1910. The summed E-state index contributed by atoms with van der Waals surface area (Å²) >= 11 is 6.36. The first kappa shape index (κ1) is 20.8. The van der Waals surface area contributed by atoms with Crippen LogP contribution >= 0.6 is 11.6 Å². The number of nitrogens with zero attached hydrogens (tertiary/aromatic N) is 3. The molecule has 0 atom stereocenters. The van der Waals surface area contributed by atoms with Crippen LogP contribution in [0.1, 0.15) is 0 Å². The van der Waals surface area contributed by atoms with Crippen molar-refractivity contribution in [3.63, 3.8) is 0 Å². The summed E-state index contributed by atoms with van der Waals surface area (Å²) < 4.78 is 6.45. The highest BCUT2D eigenvalue weighted by molar-refractivity contribution is 6.28. The quantitative estimate of drug-likeness (QED) is 0.252. The number of aromatic nitrogens is 3. The van der Waals surface area contributed by atoms with Gasteiger partial charge in [0.15, 0.2) is 11.6 Å². The van der Waals surface area contributed by atoms with Gasteiger partial charge in [0, 0.05) is 27.5 Å². The van der Waals surface area contributed by atoms with Crippen molar-refractivity contribution in [3.05, 3.63) is 114 Å². The van der Waals surface area contributed by atoms with E-state index in [4.69, 9.17) is 21.0 Å². The molecule has 2 aromatic heterocycles. The van der Waals surface area contributed by atoms with Crippen molar-refractivity contribution in [2.45, 2.75) is 0 Å². The van der Waals surface area contributed by atoms with Gasteiger partial charge in [-0.25, -0.2) is 4.98 Å². The molecule has 0 aliphatic heterocycles. The number of fused-ring (bicyclic) bond motifs is 4. The zero-order valence-electron chi connectivity index (χ0n) is 19.0. The highest BCUT2D eigenvalue weighted by Crippen LogP contribution is 2.40. The third-order valence-corrected chi connectivity index (χ3v) is 6.63. The molecule has 0 saturated carbocycles. The molecular formula is C31H18ClN3O. The summed E-state index contributed by atoms with van der Waals surface area (Å²) in [5.74, 6) is 1.05. The van der Waals surface area contributed by atoms with E-state index < -0.39 is 0 Å². The second kappa shape index (κ2) is 8.29. The molecule has 0 amide bonds. The van der Waals surface area contributed by atoms with Crippen LogP contribution in [0.4, 0.5) is 0 Å². The van der Waals surface area contributed by atoms with Crippen molar-refractivity contribution < 1.29 is 4.42 Å². The molecule has 0 spiro atoms. The Morgan fingerprint density at radius 1 is 0.556 bits per heavy atom. The average Bonchev–Trinajstić information content (AvgIpc) is 3.32. The molecule has 5 aromatic carbocycles. The minimum atomic E-state index is 0.153. The van der Waals surface area contributed by atoms with Crippen LogP contribution in [-0.4, -0.2) is 15.0 Å². The van der Waals surface area contributed by atoms with Gasteiger partial charge < -0.3 is 4.42 Å². The third kappa shape index (κ3) is 3.43. The Hall–Kier alpha value is -4.54. The maximum atomic E-state index is 6.45. The summed E-state index contributed by atoms with van der Waals surface area (Å²) in [7, 11) is 0. The van der Waals surface area contributed by atoms with Gasteiger partial charge in [-0.3, -0.25) is 0 Å². The van der Waals surface area contributed by atoms with Crippen molar-refractivity contribution >= 4 is 44.3 Å². The second-order valence-corrected chi connectivity index (χ2v) is 8.98. The lowest BCUT2D eigenvalue weighted by molar-refractivity contribution is 0.670. The summed E-state index contributed by atoms with van der Waals surface area (Å²) in [6.07, 6.45) is 0. The van der Waals surface area contributed by atoms with Crippen LogP contribution in [0.3, 0.4) is 0 Å². The molecule has 0 N–H and O–H groups in total. The maximum absolute atomic E-state index is 6.45. The molecule has 0 bridgehead atoms. The fourth-order valence-corrected chi connectivity index (χ4v) is 4.97. The predicted molar refractivity (Wildman–Crippen MR) is 146 cm³/mol. The first-order chi connectivity index (χ1) is 17.7. The average molecular weight is 484 g/mol. The van der Waals surface area contributed by atoms with Crippen molar-refractivity contribution in [2.24, 2.45) is 0 Å². The number of benzene rings is 5. The van der Waals surface area contributed by atoms with Crippen LogP contribution in [0.2, 0.25) is 5.28 Å². The highest BCUT2D eigenvalue weighted by Gasteiger charge is 2.18. The molecule has 4 nitrogen and oxygen atoms in total. The molecule has 2 heterocycles. The van der Waals surface area contributed by atoms with Crippen LogP contribution < -0.4 is 0 Å². The SMILES string of the molecule is Clc1nc(-c2ccccc2)nc(-c2cccc3oc4c(-c5ccc6ccccc6c5)cccc4c23)n1. The Morgan fingerprint density at radius 2 is 1.31 bits per heavy atom. The topological polar surface area (TPSA) is 51.8 Å². The lowest BCUT2D eigenvalue weighted by atomic mass is 9.98. The van der Waals surface area contributed by atoms with E-state index in [1.807, 2.05) is 48.5 Å². The van der Waals surface area contributed by atoms with Gasteiger partial charge in [0.25, 0.3) is 0 Å². The smallest absolute Gasteiger partial charge is 0.226 e. The summed E-state index contributed by atoms with van der Waals surface area (Å²) in [5.41, 5.74) is 5.48. The molecule has 170 valence electrons. The van der Waals surface area contributed by atoms with Gasteiger partial charge in [-0.15, -0.1) is 0 Å². The van der Waals surface area contributed by atoms with Crippen LogP contribution in [0.5, 0.6) is 0 Å². The van der Waals surface area contributed by atoms with E-state index in [-0.39, 0.29) is 5.28 Å². The predicted octanol–water partition coefficient (Wildman–Crippen LogP) is 8.58. The van der Waals surface area contributed by atoms with E-state index >= 15 is 0 Å². The number of hydrogen-bond donors (Lipinski definition) is 0. The van der Waals surface area contributed by atoms with Gasteiger partial charge in [-0.2, -0.15) is 9.97 Å². The summed E-state index contributed by atoms with van der Waals surface area (Å²) in [5, 5.41) is 4.51.